The van der Waals surface area contributed by atoms with Gasteiger partial charge in [-0.3, -0.25) is 4.79 Å². The largest absolute Gasteiger partial charge is 0.492 e. The van der Waals surface area contributed by atoms with Crippen molar-refractivity contribution >= 4 is 5.91 Å². The first kappa shape index (κ1) is 13.5. The van der Waals surface area contributed by atoms with Crippen LogP contribution in [0.15, 0.2) is 24.3 Å². The van der Waals surface area contributed by atoms with Crippen molar-refractivity contribution in [1.82, 2.24) is 5.32 Å². The van der Waals surface area contributed by atoms with E-state index in [0.29, 0.717) is 31.2 Å². The molecule has 1 aromatic carbocycles. The highest BCUT2D eigenvalue weighted by Crippen LogP contribution is 2.11. The van der Waals surface area contributed by atoms with E-state index in [9.17, 15) is 9.18 Å². The molecule has 0 saturated carbocycles. The fourth-order valence-corrected chi connectivity index (χ4v) is 1.36. The van der Waals surface area contributed by atoms with Crippen LogP contribution < -0.4 is 10.1 Å². The second kappa shape index (κ2) is 6.89. The summed E-state index contributed by atoms with van der Waals surface area (Å²) in [6, 6.07) is 5.94. The smallest absolute Gasteiger partial charge is 0.220 e. The first-order valence-corrected chi connectivity index (χ1v) is 5.73. The lowest BCUT2D eigenvalue weighted by atomic mass is 10.1. The van der Waals surface area contributed by atoms with Crippen LogP contribution in [0.1, 0.15) is 20.3 Å². The Labute approximate surface area is 101 Å². The molecular weight excluding hydrogens is 221 g/mol. The number of rotatable bonds is 6. The number of halogens is 1. The van der Waals surface area contributed by atoms with Crippen LogP contribution in [-0.2, 0) is 4.79 Å². The summed E-state index contributed by atoms with van der Waals surface area (Å²) < 4.78 is 18.1. The standard InChI is InChI=1S/C13H18FNO2/c1-10(2)8-13(16)15-6-7-17-12-5-3-4-11(14)9-12/h3-5,9-10H,6-8H2,1-2H3,(H,15,16). The lowest BCUT2D eigenvalue weighted by Gasteiger charge is -2.08. The third kappa shape index (κ3) is 5.90. The van der Waals surface area contributed by atoms with E-state index in [2.05, 4.69) is 5.32 Å². The van der Waals surface area contributed by atoms with E-state index < -0.39 is 0 Å². The van der Waals surface area contributed by atoms with Crippen molar-refractivity contribution in [2.75, 3.05) is 13.2 Å². The highest BCUT2D eigenvalue weighted by molar-refractivity contribution is 5.75. The van der Waals surface area contributed by atoms with Crippen molar-refractivity contribution in [2.45, 2.75) is 20.3 Å². The Hall–Kier alpha value is -1.58. The van der Waals surface area contributed by atoms with Gasteiger partial charge in [0.15, 0.2) is 0 Å². The first-order chi connectivity index (χ1) is 8.08. The number of carbonyl (C=O) groups excluding carboxylic acids is 1. The number of ether oxygens (including phenoxy) is 1. The molecule has 1 aromatic rings. The molecule has 1 N–H and O–H groups in total. The molecular formula is C13H18FNO2. The van der Waals surface area contributed by atoms with Crippen molar-refractivity contribution in [2.24, 2.45) is 5.92 Å². The number of nitrogens with one attached hydrogen (secondary N) is 1. The van der Waals surface area contributed by atoms with E-state index in [4.69, 9.17) is 4.74 Å². The van der Waals surface area contributed by atoms with Crippen LogP contribution >= 0.6 is 0 Å². The van der Waals surface area contributed by atoms with E-state index in [-0.39, 0.29) is 11.7 Å². The zero-order chi connectivity index (χ0) is 12.7. The van der Waals surface area contributed by atoms with Crippen LogP contribution in [-0.4, -0.2) is 19.1 Å². The fourth-order valence-electron chi connectivity index (χ4n) is 1.36. The molecule has 0 radical (unpaired) electrons. The second-order valence-electron chi connectivity index (χ2n) is 4.25. The Morgan fingerprint density at radius 1 is 1.47 bits per heavy atom. The first-order valence-electron chi connectivity index (χ1n) is 5.73. The number of benzene rings is 1. The fraction of sp³-hybridized carbons (Fsp3) is 0.462. The molecule has 3 nitrogen and oxygen atoms in total. The second-order valence-corrected chi connectivity index (χ2v) is 4.25. The Kier molecular flexibility index (Phi) is 5.46. The van der Waals surface area contributed by atoms with Gasteiger partial charge in [-0.1, -0.05) is 19.9 Å². The highest BCUT2D eigenvalue weighted by atomic mass is 19.1. The number of hydrogen-bond acceptors (Lipinski definition) is 2. The summed E-state index contributed by atoms with van der Waals surface area (Å²) in [6.45, 7) is 4.75. The van der Waals surface area contributed by atoms with Gasteiger partial charge in [0.2, 0.25) is 5.91 Å². The summed E-state index contributed by atoms with van der Waals surface area (Å²) in [4.78, 5) is 11.3. The lowest BCUT2D eigenvalue weighted by molar-refractivity contribution is -0.121. The monoisotopic (exact) mass is 239 g/mol. The summed E-state index contributed by atoms with van der Waals surface area (Å²) in [5.41, 5.74) is 0. The van der Waals surface area contributed by atoms with E-state index in [1.165, 1.54) is 12.1 Å². The number of amides is 1. The van der Waals surface area contributed by atoms with E-state index >= 15 is 0 Å². The molecule has 0 fully saturated rings. The minimum Gasteiger partial charge on any atom is -0.492 e. The zero-order valence-electron chi connectivity index (χ0n) is 10.2. The maximum atomic E-state index is 12.8. The molecule has 1 rings (SSSR count). The SMILES string of the molecule is CC(C)CC(=O)NCCOc1cccc(F)c1. The average molecular weight is 239 g/mol. The van der Waals surface area contributed by atoms with Gasteiger partial charge in [0.05, 0.1) is 6.54 Å². The normalized spacial score (nSPS) is 10.4. The summed E-state index contributed by atoms with van der Waals surface area (Å²) in [7, 11) is 0. The van der Waals surface area contributed by atoms with E-state index in [1.54, 1.807) is 12.1 Å². The third-order valence-corrected chi connectivity index (χ3v) is 2.08. The van der Waals surface area contributed by atoms with Crippen molar-refractivity contribution in [1.29, 1.82) is 0 Å². The molecule has 0 saturated heterocycles. The number of hydrogen-bond donors (Lipinski definition) is 1. The van der Waals surface area contributed by atoms with Crippen molar-refractivity contribution in [3.8, 4) is 5.75 Å². The molecule has 94 valence electrons. The van der Waals surface area contributed by atoms with Crippen LogP contribution in [0.2, 0.25) is 0 Å². The zero-order valence-corrected chi connectivity index (χ0v) is 10.2. The Morgan fingerprint density at radius 3 is 2.88 bits per heavy atom. The molecule has 0 aliphatic rings. The van der Waals surface area contributed by atoms with Gasteiger partial charge >= 0.3 is 0 Å². The summed E-state index contributed by atoms with van der Waals surface area (Å²) >= 11 is 0. The topological polar surface area (TPSA) is 38.3 Å². The Morgan fingerprint density at radius 2 is 2.24 bits per heavy atom. The molecule has 0 bridgehead atoms. The van der Waals surface area contributed by atoms with Crippen molar-refractivity contribution in [3.05, 3.63) is 30.1 Å². The summed E-state index contributed by atoms with van der Waals surface area (Å²) in [5, 5.41) is 2.74. The quantitative estimate of drug-likeness (QED) is 0.774. The van der Waals surface area contributed by atoms with Crippen LogP contribution in [0.3, 0.4) is 0 Å². The van der Waals surface area contributed by atoms with Gasteiger partial charge in [-0.05, 0) is 18.1 Å². The van der Waals surface area contributed by atoms with Gasteiger partial charge in [0.25, 0.3) is 0 Å². The van der Waals surface area contributed by atoms with Gasteiger partial charge in [0.1, 0.15) is 18.2 Å². The van der Waals surface area contributed by atoms with Crippen molar-refractivity contribution in [3.63, 3.8) is 0 Å². The molecule has 0 aliphatic heterocycles. The molecule has 0 aromatic heterocycles. The molecule has 0 spiro atoms. The summed E-state index contributed by atoms with van der Waals surface area (Å²) in [6.07, 6.45) is 0.514. The van der Waals surface area contributed by atoms with Crippen molar-refractivity contribution < 1.29 is 13.9 Å². The highest BCUT2D eigenvalue weighted by Gasteiger charge is 2.03. The Balaban J connectivity index is 2.18. The molecule has 0 heterocycles. The van der Waals surface area contributed by atoms with Gasteiger partial charge in [-0.2, -0.15) is 0 Å². The van der Waals surface area contributed by atoms with Crippen LogP contribution in [0.4, 0.5) is 4.39 Å². The van der Waals surface area contributed by atoms with Gasteiger partial charge in [-0.15, -0.1) is 0 Å². The predicted molar refractivity (Wildman–Crippen MR) is 64.4 cm³/mol. The maximum Gasteiger partial charge on any atom is 0.220 e. The lowest BCUT2D eigenvalue weighted by Crippen LogP contribution is -2.28. The van der Waals surface area contributed by atoms with Gasteiger partial charge in [0, 0.05) is 12.5 Å². The summed E-state index contributed by atoms with van der Waals surface area (Å²) in [5.74, 6) is 0.511. The van der Waals surface area contributed by atoms with Crippen LogP contribution in [0, 0.1) is 11.7 Å². The van der Waals surface area contributed by atoms with Gasteiger partial charge < -0.3 is 10.1 Å². The number of carbonyl (C=O) groups is 1. The maximum absolute atomic E-state index is 12.8. The van der Waals surface area contributed by atoms with E-state index in [0.717, 1.165) is 0 Å². The van der Waals surface area contributed by atoms with Gasteiger partial charge in [-0.25, -0.2) is 4.39 Å². The minimum atomic E-state index is -0.327. The van der Waals surface area contributed by atoms with Crippen LogP contribution in [0.5, 0.6) is 5.75 Å². The molecule has 1 amide bonds. The predicted octanol–water partition coefficient (Wildman–Crippen LogP) is 2.37. The molecule has 0 unspecified atom stereocenters. The molecule has 4 heteroatoms. The minimum absolute atomic E-state index is 0.0165. The van der Waals surface area contributed by atoms with Crippen LogP contribution in [0.25, 0.3) is 0 Å². The third-order valence-electron chi connectivity index (χ3n) is 2.08. The average Bonchev–Trinajstić information content (AvgIpc) is 2.23. The molecule has 17 heavy (non-hydrogen) atoms. The molecule has 0 aliphatic carbocycles. The van der Waals surface area contributed by atoms with E-state index in [1.807, 2.05) is 13.8 Å². The molecule has 0 atom stereocenters. The Bertz CT molecular complexity index is 366.